The molecule has 0 saturated carbocycles. The Kier molecular flexibility index (Phi) is 8.00. The summed E-state index contributed by atoms with van der Waals surface area (Å²) in [6, 6.07) is 12.1. The fraction of sp³-hybridized carbons (Fsp3) is 0.321. The molecule has 17 heteroatoms. The van der Waals surface area contributed by atoms with Crippen LogP contribution in [0.15, 0.2) is 54.9 Å². The van der Waals surface area contributed by atoms with Crippen LogP contribution in [0.5, 0.6) is 11.8 Å². The van der Waals surface area contributed by atoms with Crippen molar-refractivity contribution in [2.24, 2.45) is 7.05 Å². The molecule has 0 unspecified atom stereocenters. The first-order valence-electron chi connectivity index (χ1n) is 13.7. The highest BCUT2D eigenvalue weighted by atomic mass is 32.2. The van der Waals surface area contributed by atoms with E-state index in [4.69, 9.17) is 14.5 Å². The fourth-order valence-corrected chi connectivity index (χ4v) is 6.04. The summed E-state index contributed by atoms with van der Waals surface area (Å²) in [7, 11) is 0.348. The molecule has 0 radical (unpaired) electrons. The van der Waals surface area contributed by atoms with Crippen LogP contribution in [0.1, 0.15) is 17.7 Å². The van der Waals surface area contributed by atoms with Crippen LogP contribution in [0.4, 0.5) is 17.6 Å². The third-order valence-electron chi connectivity index (χ3n) is 7.21. The van der Waals surface area contributed by atoms with Crippen molar-refractivity contribution in [1.29, 1.82) is 0 Å². The summed E-state index contributed by atoms with van der Waals surface area (Å²) in [6.07, 6.45) is 0.125. The van der Waals surface area contributed by atoms with Gasteiger partial charge in [0.05, 0.1) is 29.4 Å². The maximum absolute atomic E-state index is 14.7. The van der Waals surface area contributed by atoms with Crippen LogP contribution in [0.2, 0.25) is 0 Å². The molecule has 45 heavy (non-hydrogen) atoms. The monoisotopic (exact) mass is 648 g/mol. The fourth-order valence-electron chi connectivity index (χ4n) is 5.26. The summed E-state index contributed by atoms with van der Waals surface area (Å²) < 4.78 is 99.4. The number of alkyl halides is 4. The molecule has 0 amide bonds. The van der Waals surface area contributed by atoms with Crippen LogP contribution in [-0.2, 0) is 30.3 Å². The molecular formula is C28H28F4N8O4S. The van der Waals surface area contributed by atoms with Crippen molar-refractivity contribution in [3.05, 3.63) is 66.1 Å². The number of halogens is 4. The number of aryl methyl sites for hydroxylation is 1. The minimum atomic E-state index is -3.86. The van der Waals surface area contributed by atoms with Crippen molar-refractivity contribution < 1.29 is 35.5 Å². The van der Waals surface area contributed by atoms with Crippen LogP contribution in [-0.4, -0.2) is 75.2 Å². The van der Waals surface area contributed by atoms with Gasteiger partial charge in [-0.15, -0.1) is 5.10 Å². The number of hydrogen-bond acceptors (Lipinski definition) is 7. The van der Waals surface area contributed by atoms with Crippen LogP contribution >= 0.6 is 0 Å². The smallest absolute Gasteiger partial charge is 0.388 e. The SMILES string of the molecule is CN(C)S(=O)(=O)N[C@@H]1COc2c(-c3nc4n(Cc5ccccc5)cccc-4c3-c3cn(C)nc3OC(F)F)c(C(F)F)nn2C1. The lowest BCUT2D eigenvalue weighted by atomic mass is 9.98. The Morgan fingerprint density at radius 3 is 2.51 bits per heavy atom. The quantitative estimate of drug-likeness (QED) is 0.227. The summed E-state index contributed by atoms with van der Waals surface area (Å²) in [5, 5.41) is 8.14. The van der Waals surface area contributed by atoms with Gasteiger partial charge >= 0.3 is 6.61 Å². The average molecular weight is 649 g/mol. The van der Waals surface area contributed by atoms with Gasteiger partial charge in [-0.1, -0.05) is 30.3 Å². The molecule has 6 rings (SSSR count). The van der Waals surface area contributed by atoms with E-state index in [0.717, 1.165) is 14.6 Å². The van der Waals surface area contributed by atoms with Gasteiger partial charge in [0.1, 0.15) is 18.1 Å². The van der Waals surface area contributed by atoms with E-state index in [0.29, 0.717) is 17.9 Å². The molecule has 5 heterocycles. The van der Waals surface area contributed by atoms with Gasteiger partial charge in [-0.2, -0.15) is 31.3 Å². The molecule has 0 fully saturated rings. The predicted octanol–water partition coefficient (Wildman–Crippen LogP) is 4.00. The molecule has 1 atom stereocenters. The Morgan fingerprint density at radius 1 is 1.07 bits per heavy atom. The summed E-state index contributed by atoms with van der Waals surface area (Å²) >= 11 is 0. The van der Waals surface area contributed by atoms with Crippen LogP contribution in [0.25, 0.3) is 33.8 Å². The highest BCUT2D eigenvalue weighted by Crippen LogP contribution is 2.49. The van der Waals surface area contributed by atoms with Crippen molar-refractivity contribution in [2.45, 2.75) is 32.2 Å². The number of benzene rings is 1. The number of hydrogen-bond donors (Lipinski definition) is 1. The van der Waals surface area contributed by atoms with Crippen molar-refractivity contribution in [3.8, 4) is 45.5 Å². The second kappa shape index (κ2) is 11.8. The van der Waals surface area contributed by atoms with Gasteiger partial charge in [-0.3, -0.25) is 4.68 Å². The summed E-state index contributed by atoms with van der Waals surface area (Å²) in [5.74, 6) is -0.101. The van der Waals surface area contributed by atoms with Gasteiger partial charge < -0.3 is 14.0 Å². The molecule has 12 nitrogen and oxygen atoms in total. The number of nitrogens with zero attached hydrogens (tertiary/aromatic N) is 7. The molecule has 0 bridgehead atoms. The molecule has 238 valence electrons. The van der Waals surface area contributed by atoms with Crippen LogP contribution in [0, 0.1) is 0 Å². The van der Waals surface area contributed by atoms with E-state index >= 15 is 0 Å². The first-order chi connectivity index (χ1) is 21.4. The number of pyridine rings is 1. The number of nitrogens with one attached hydrogen (secondary N) is 1. The van der Waals surface area contributed by atoms with Crippen molar-refractivity contribution in [1.82, 2.24) is 38.1 Å². The molecule has 1 aromatic carbocycles. The molecule has 3 aliphatic rings. The van der Waals surface area contributed by atoms with E-state index in [1.165, 1.54) is 32.0 Å². The third kappa shape index (κ3) is 5.85. The average Bonchev–Trinajstić information content (AvgIpc) is 3.65. The van der Waals surface area contributed by atoms with Gasteiger partial charge in [0, 0.05) is 51.2 Å². The van der Waals surface area contributed by atoms with Crippen molar-refractivity contribution >= 4 is 10.2 Å². The van der Waals surface area contributed by atoms with E-state index in [2.05, 4.69) is 14.9 Å². The topological polar surface area (TPSA) is 121 Å². The summed E-state index contributed by atoms with van der Waals surface area (Å²) in [6.45, 7) is -3.13. The lowest BCUT2D eigenvalue weighted by Crippen LogP contribution is -2.48. The second-order valence-electron chi connectivity index (χ2n) is 10.6. The molecule has 3 aliphatic heterocycles. The summed E-state index contributed by atoms with van der Waals surface area (Å²) in [5.41, 5.74) is 0.892. The molecule has 3 aromatic rings. The third-order valence-corrected chi connectivity index (χ3v) is 8.81. The lowest BCUT2D eigenvalue weighted by Gasteiger charge is -2.26. The number of aromatic nitrogens is 6. The Labute approximate surface area is 255 Å². The minimum Gasteiger partial charge on any atom is -0.476 e. The maximum Gasteiger partial charge on any atom is 0.388 e. The highest BCUT2D eigenvalue weighted by molar-refractivity contribution is 7.87. The van der Waals surface area contributed by atoms with Crippen molar-refractivity contribution in [3.63, 3.8) is 0 Å². The molecule has 0 spiro atoms. The predicted molar refractivity (Wildman–Crippen MR) is 154 cm³/mol. The van der Waals surface area contributed by atoms with Gasteiger partial charge in [-0.25, -0.2) is 18.4 Å². The van der Waals surface area contributed by atoms with E-state index < -0.39 is 40.9 Å². The number of fused-ring (bicyclic) bond motifs is 2. The van der Waals surface area contributed by atoms with Crippen LogP contribution < -0.4 is 14.2 Å². The Morgan fingerprint density at radius 2 is 1.82 bits per heavy atom. The maximum atomic E-state index is 14.7. The zero-order valence-electron chi connectivity index (χ0n) is 24.2. The van der Waals surface area contributed by atoms with E-state index in [-0.39, 0.29) is 41.4 Å². The zero-order valence-corrected chi connectivity index (χ0v) is 25.0. The van der Waals surface area contributed by atoms with E-state index in [1.54, 1.807) is 18.3 Å². The van der Waals surface area contributed by atoms with Gasteiger partial charge in [0.15, 0.2) is 0 Å². The lowest BCUT2D eigenvalue weighted by molar-refractivity contribution is -0.0527. The Bertz CT molecular complexity index is 1910. The number of ether oxygens (including phenoxy) is 2. The van der Waals surface area contributed by atoms with Crippen LogP contribution in [0.3, 0.4) is 0 Å². The largest absolute Gasteiger partial charge is 0.476 e. The standard InChI is InChI=1S/C28H28F4N8O4S/c1-37(2)45(41,42)36-17-13-40-27(43-15-17)21(23(34-40)24(29)30)22-20(19-14-38(3)35-26(19)44-28(31)32)18-10-7-11-39(25(18)33-22)12-16-8-5-4-6-9-16/h4-11,14,17,24,28,36H,12-13,15H2,1-3H3/t17-/m0/s1. The summed E-state index contributed by atoms with van der Waals surface area (Å²) in [4.78, 5) is 4.81. The van der Waals surface area contributed by atoms with Gasteiger partial charge in [0.2, 0.25) is 11.8 Å². The van der Waals surface area contributed by atoms with Crippen molar-refractivity contribution in [2.75, 3.05) is 20.7 Å². The highest BCUT2D eigenvalue weighted by Gasteiger charge is 2.37. The van der Waals surface area contributed by atoms with E-state index in [1.807, 2.05) is 34.9 Å². The van der Waals surface area contributed by atoms with Gasteiger partial charge in [0.25, 0.3) is 16.6 Å². The molecule has 0 aliphatic carbocycles. The first-order valence-corrected chi connectivity index (χ1v) is 15.1. The Hall–Kier alpha value is -4.48. The zero-order chi connectivity index (χ0) is 32.0. The number of rotatable bonds is 10. The Balaban J connectivity index is 1.55. The normalized spacial score (nSPS) is 15.3. The van der Waals surface area contributed by atoms with E-state index in [9.17, 15) is 26.0 Å². The molecule has 1 N–H and O–H groups in total. The molecule has 0 saturated heterocycles. The molecule has 2 aromatic heterocycles. The van der Waals surface area contributed by atoms with Gasteiger partial charge in [-0.05, 0) is 17.7 Å². The minimum absolute atomic E-state index is 0.00556. The second-order valence-corrected chi connectivity index (χ2v) is 12.5. The molecular weight excluding hydrogens is 620 g/mol. The first kappa shape index (κ1) is 30.5.